The number of likely N-dealkylation sites (tertiary alicyclic amines) is 1. The zero-order valence-corrected chi connectivity index (χ0v) is 9.33. The number of hydrogen-bond acceptors (Lipinski definition) is 3. The minimum Gasteiger partial charge on any atom is -0.376 e. The average Bonchev–Trinajstić information content (AvgIpc) is 2.13. The lowest BCUT2D eigenvalue weighted by molar-refractivity contribution is -0.0167. The maximum absolute atomic E-state index is 5.62. The average molecular weight is 198 g/mol. The maximum Gasteiger partial charge on any atom is 0.0713 e. The number of ether oxygens (including phenoxy) is 1. The monoisotopic (exact) mass is 198 g/mol. The van der Waals surface area contributed by atoms with Crippen molar-refractivity contribution in [1.82, 2.24) is 10.2 Å². The fourth-order valence-corrected chi connectivity index (χ4v) is 2.35. The second kappa shape index (κ2) is 4.60. The summed E-state index contributed by atoms with van der Waals surface area (Å²) in [7, 11) is 0. The van der Waals surface area contributed by atoms with Crippen LogP contribution >= 0.6 is 0 Å². The molecule has 2 aliphatic rings. The maximum atomic E-state index is 5.62. The molecule has 0 aliphatic carbocycles. The van der Waals surface area contributed by atoms with E-state index in [2.05, 4.69) is 24.1 Å². The van der Waals surface area contributed by atoms with Crippen LogP contribution < -0.4 is 5.32 Å². The Labute approximate surface area is 86.8 Å². The van der Waals surface area contributed by atoms with Crippen molar-refractivity contribution in [2.75, 3.05) is 32.8 Å². The van der Waals surface area contributed by atoms with Gasteiger partial charge < -0.3 is 15.0 Å². The lowest BCUT2D eigenvalue weighted by atomic mass is 9.96. The van der Waals surface area contributed by atoms with Crippen molar-refractivity contribution in [3.63, 3.8) is 0 Å². The van der Waals surface area contributed by atoms with E-state index < -0.39 is 0 Å². The van der Waals surface area contributed by atoms with E-state index in [1.165, 1.54) is 19.5 Å². The molecular formula is C11H22N2O. The second-order valence-electron chi connectivity index (χ2n) is 4.63. The van der Waals surface area contributed by atoms with E-state index in [1.54, 1.807) is 0 Å². The standard InChI is InChI=1S/C11H22N2O/c1-3-10-6-13(7-10)8-11-9(2)14-5-4-12-11/h9-12H,3-8H2,1-2H3. The molecule has 3 nitrogen and oxygen atoms in total. The molecule has 82 valence electrons. The van der Waals surface area contributed by atoms with Gasteiger partial charge in [-0.3, -0.25) is 0 Å². The molecule has 14 heavy (non-hydrogen) atoms. The van der Waals surface area contributed by atoms with Gasteiger partial charge in [-0.15, -0.1) is 0 Å². The Morgan fingerprint density at radius 2 is 2.21 bits per heavy atom. The molecule has 2 rings (SSSR count). The highest BCUT2D eigenvalue weighted by molar-refractivity contribution is 4.86. The fraction of sp³-hybridized carbons (Fsp3) is 1.00. The normalized spacial score (nSPS) is 35.6. The first-order chi connectivity index (χ1) is 6.79. The Morgan fingerprint density at radius 1 is 1.43 bits per heavy atom. The van der Waals surface area contributed by atoms with Crippen molar-refractivity contribution in [2.24, 2.45) is 5.92 Å². The van der Waals surface area contributed by atoms with E-state index in [0.717, 1.165) is 25.6 Å². The van der Waals surface area contributed by atoms with E-state index in [4.69, 9.17) is 4.74 Å². The molecule has 0 aromatic heterocycles. The number of nitrogens with one attached hydrogen (secondary N) is 1. The van der Waals surface area contributed by atoms with Gasteiger partial charge in [-0.25, -0.2) is 0 Å². The number of nitrogens with zero attached hydrogens (tertiary/aromatic N) is 1. The molecule has 3 heteroatoms. The lowest BCUT2D eigenvalue weighted by Gasteiger charge is -2.43. The van der Waals surface area contributed by atoms with Crippen LogP contribution in [0, 0.1) is 5.92 Å². The molecule has 0 bridgehead atoms. The highest BCUT2D eigenvalue weighted by Crippen LogP contribution is 2.19. The topological polar surface area (TPSA) is 24.5 Å². The Morgan fingerprint density at radius 3 is 2.86 bits per heavy atom. The zero-order chi connectivity index (χ0) is 9.97. The Bertz CT molecular complexity index is 180. The van der Waals surface area contributed by atoms with Crippen LogP contribution in [0.15, 0.2) is 0 Å². The van der Waals surface area contributed by atoms with Crippen LogP contribution in [0.3, 0.4) is 0 Å². The molecular weight excluding hydrogens is 176 g/mol. The Hall–Kier alpha value is -0.120. The van der Waals surface area contributed by atoms with Crippen molar-refractivity contribution in [3.8, 4) is 0 Å². The van der Waals surface area contributed by atoms with E-state index in [9.17, 15) is 0 Å². The fourth-order valence-electron chi connectivity index (χ4n) is 2.35. The molecule has 2 saturated heterocycles. The summed E-state index contributed by atoms with van der Waals surface area (Å²) in [6, 6.07) is 0.543. The quantitative estimate of drug-likeness (QED) is 0.722. The Balaban J connectivity index is 1.69. The number of morpholine rings is 1. The lowest BCUT2D eigenvalue weighted by Crippen LogP contribution is -2.57. The smallest absolute Gasteiger partial charge is 0.0713 e. The van der Waals surface area contributed by atoms with E-state index in [-0.39, 0.29) is 0 Å². The molecule has 0 aromatic rings. The van der Waals surface area contributed by atoms with Crippen LogP contribution in [0.4, 0.5) is 0 Å². The summed E-state index contributed by atoms with van der Waals surface area (Å²) < 4.78 is 5.62. The molecule has 2 unspecified atom stereocenters. The van der Waals surface area contributed by atoms with Crippen molar-refractivity contribution >= 4 is 0 Å². The van der Waals surface area contributed by atoms with Gasteiger partial charge >= 0.3 is 0 Å². The van der Waals surface area contributed by atoms with Gasteiger partial charge in [0.05, 0.1) is 12.7 Å². The van der Waals surface area contributed by atoms with Gasteiger partial charge in [0.1, 0.15) is 0 Å². The molecule has 2 aliphatic heterocycles. The van der Waals surface area contributed by atoms with Crippen LogP contribution in [0.2, 0.25) is 0 Å². The van der Waals surface area contributed by atoms with Crippen LogP contribution in [-0.2, 0) is 4.74 Å². The highest BCUT2D eigenvalue weighted by Gasteiger charge is 2.30. The minimum atomic E-state index is 0.379. The Kier molecular flexibility index (Phi) is 3.42. The summed E-state index contributed by atoms with van der Waals surface area (Å²) in [6.45, 7) is 10.1. The predicted molar refractivity (Wildman–Crippen MR) is 57.4 cm³/mol. The first kappa shape index (κ1) is 10.4. The third-order valence-electron chi connectivity index (χ3n) is 3.52. The summed E-state index contributed by atoms with van der Waals surface area (Å²) in [5.41, 5.74) is 0. The molecule has 0 spiro atoms. The summed E-state index contributed by atoms with van der Waals surface area (Å²) in [4.78, 5) is 2.54. The zero-order valence-electron chi connectivity index (χ0n) is 9.33. The molecule has 1 N–H and O–H groups in total. The van der Waals surface area contributed by atoms with Gasteiger partial charge in [-0.2, -0.15) is 0 Å². The molecule has 0 saturated carbocycles. The number of hydrogen-bond donors (Lipinski definition) is 1. The third-order valence-corrected chi connectivity index (χ3v) is 3.52. The molecule has 0 aromatic carbocycles. The van der Waals surface area contributed by atoms with Crippen LogP contribution in [-0.4, -0.2) is 49.8 Å². The van der Waals surface area contributed by atoms with Gasteiger partial charge in [0.2, 0.25) is 0 Å². The van der Waals surface area contributed by atoms with Gasteiger partial charge in [0.25, 0.3) is 0 Å². The molecule has 2 fully saturated rings. The van der Waals surface area contributed by atoms with Crippen molar-refractivity contribution < 1.29 is 4.74 Å². The SMILES string of the molecule is CCC1CN(CC2NCCOC2C)C1. The van der Waals surface area contributed by atoms with Gasteiger partial charge in [0, 0.05) is 32.2 Å². The van der Waals surface area contributed by atoms with Gasteiger partial charge in [-0.1, -0.05) is 13.3 Å². The van der Waals surface area contributed by atoms with Gasteiger partial charge in [-0.05, 0) is 12.8 Å². The summed E-state index contributed by atoms with van der Waals surface area (Å²) in [5.74, 6) is 0.954. The second-order valence-corrected chi connectivity index (χ2v) is 4.63. The van der Waals surface area contributed by atoms with Crippen molar-refractivity contribution in [2.45, 2.75) is 32.4 Å². The van der Waals surface area contributed by atoms with Crippen molar-refractivity contribution in [1.29, 1.82) is 0 Å². The predicted octanol–water partition coefficient (Wildman–Crippen LogP) is 0.705. The highest BCUT2D eigenvalue weighted by atomic mass is 16.5. The van der Waals surface area contributed by atoms with Crippen molar-refractivity contribution in [3.05, 3.63) is 0 Å². The number of rotatable bonds is 3. The molecule has 0 amide bonds. The van der Waals surface area contributed by atoms with Gasteiger partial charge in [0.15, 0.2) is 0 Å². The first-order valence-corrected chi connectivity index (χ1v) is 5.87. The van der Waals surface area contributed by atoms with Crippen LogP contribution in [0.25, 0.3) is 0 Å². The molecule has 2 atom stereocenters. The first-order valence-electron chi connectivity index (χ1n) is 5.87. The van der Waals surface area contributed by atoms with E-state index in [0.29, 0.717) is 12.1 Å². The van der Waals surface area contributed by atoms with Crippen LogP contribution in [0.5, 0.6) is 0 Å². The summed E-state index contributed by atoms with van der Waals surface area (Å²) >= 11 is 0. The van der Waals surface area contributed by atoms with E-state index >= 15 is 0 Å². The van der Waals surface area contributed by atoms with E-state index in [1.807, 2.05) is 0 Å². The minimum absolute atomic E-state index is 0.379. The summed E-state index contributed by atoms with van der Waals surface area (Å²) in [6.07, 6.45) is 1.71. The largest absolute Gasteiger partial charge is 0.376 e. The van der Waals surface area contributed by atoms with Crippen LogP contribution in [0.1, 0.15) is 20.3 Å². The third kappa shape index (κ3) is 2.27. The summed E-state index contributed by atoms with van der Waals surface area (Å²) in [5, 5.41) is 3.53. The molecule has 2 heterocycles. The molecule has 0 radical (unpaired) electrons.